The van der Waals surface area contributed by atoms with Gasteiger partial charge in [-0.05, 0) is 20.8 Å². The SMILES string of the molecule is C=CC(=O)O.CC(C)=C(C)C(CO)(CO)CO. The quantitative estimate of drug-likeness (QED) is 0.420. The van der Waals surface area contributed by atoms with E-state index in [0.29, 0.717) is 0 Å². The highest BCUT2D eigenvalue weighted by Gasteiger charge is 2.30. The number of aliphatic hydroxyl groups is 3. The molecule has 5 nitrogen and oxygen atoms in total. The Morgan fingerprint density at radius 3 is 1.47 bits per heavy atom. The van der Waals surface area contributed by atoms with Crippen molar-refractivity contribution in [2.45, 2.75) is 20.8 Å². The fourth-order valence-corrected chi connectivity index (χ4v) is 1.04. The number of hydrogen-bond donors (Lipinski definition) is 4. The number of allylic oxidation sites excluding steroid dienone is 1. The van der Waals surface area contributed by atoms with Gasteiger partial charge in [0, 0.05) is 6.08 Å². The molecule has 0 saturated heterocycles. The molecule has 4 N–H and O–H groups in total. The Balaban J connectivity index is 0. The zero-order valence-electron chi connectivity index (χ0n) is 10.6. The third-order valence-electron chi connectivity index (χ3n) is 2.63. The van der Waals surface area contributed by atoms with Crippen LogP contribution in [0.15, 0.2) is 23.8 Å². The monoisotopic (exact) mass is 246 g/mol. The molecular formula is C12H22O5. The average molecular weight is 246 g/mol. The van der Waals surface area contributed by atoms with E-state index in [2.05, 4.69) is 6.58 Å². The number of rotatable bonds is 5. The summed E-state index contributed by atoms with van der Waals surface area (Å²) in [5.74, 6) is -0.981. The predicted octanol–water partition coefficient (Wildman–Crippen LogP) is 0.563. The summed E-state index contributed by atoms with van der Waals surface area (Å²) in [6.45, 7) is 7.89. The smallest absolute Gasteiger partial charge is 0.327 e. The molecule has 100 valence electrons. The van der Waals surface area contributed by atoms with E-state index in [1.165, 1.54) is 0 Å². The number of carboxylic acid groups (broad SMARTS) is 1. The number of aliphatic carboxylic acids is 1. The van der Waals surface area contributed by atoms with Crippen molar-refractivity contribution in [2.75, 3.05) is 19.8 Å². The van der Waals surface area contributed by atoms with E-state index < -0.39 is 11.4 Å². The molecule has 5 heteroatoms. The van der Waals surface area contributed by atoms with Gasteiger partial charge in [-0.15, -0.1) is 0 Å². The van der Waals surface area contributed by atoms with Crippen LogP contribution in [0, 0.1) is 5.41 Å². The summed E-state index contributed by atoms with van der Waals surface area (Å²) >= 11 is 0. The molecule has 0 fully saturated rings. The van der Waals surface area contributed by atoms with Crippen molar-refractivity contribution < 1.29 is 25.2 Å². The average Bonchev–Trinajstić information content (AvgIpc) is 2.32. The van der Waals surface area contributed by atoms with Gasteiger partial charge in [-0.25, -0.2) is 4.79 Å². The second kappa shape index (κ2) is 8.92. The van der Waals surface area contributed by atoms with E-state index in [0.717, 1.165) is 17.2 Å². The van der Waals surface area contributed by atoms with Crippen molar-refractivity contribution in [2.24, 2.45) is 5.41 Å². The third-order valence-corrected chi connectivity index (χ3v) is 2.63. The summed E-state index contributed by atoms with van der Waals surface area (Å²) < 4.78 is 0. The summed E-state index contributed by atoms with van der Waals surface area (Å²) in [6, 6.07) is 0. The predicted molar refractivity (Wildman–Crippen MR) is 65.6 cm³/mol. The first kappa shape index (κ1) is 18.2. The Morgan fingerprint density at radius 2 is 1.41 bits per heavy atom. The molecule has 0 bridgehead atoms. The second-order valence-electron chi connectivity index (χ2n) is 3.92. The number of hydrogen-bond acceptors (Lipinski definition) is 4. The zero-order valence-corrected chi connectivity index (χ0v) is 10.6. The number of aliphatic hydroxyl groups excluding tert-OH is 3. The maximum Gasteiger partial charge on any atom is 0.327 e. The van der Waals surface area contributed by atoms with Crippen molar-refractivity contribution in [3.8, 4) is 0 Å². The van der Waals surface area contributed by atoms with Crippen LogP contribution in [0.2, 0.25) is 0 Å². The van der Waals surface area contributed by atoms with E-state index in [1.54, 1.807) is 0 Å². The molecular weight excluding hydrogens is 224 g/mol. The number of carbonyl (C=O) groups is 1. The molecule has 0 aromatic rings. The van der Waals surface area contributed by atoms with Crippen molar-refractivity contribution >= 4 is 5.97 Å². The topological polar surface area (TPSA) is 98.0 Å². The standard InChI is InChI=1S/C9H18O3.C3H4O2/c1-7(2)8(3)9(4-10,5-11)6-12;1-2-3(4)5/h10-12H,4-6H2,1-3H3;2H,1H2,(H,4,5). The Bertz CT molecular complexity index is 264. The number of carboxylic acids is 1. The maximum atomic E-state index is 9.25. The van der Waals surface area contributed by atoms with Crippen molar-refractivity contribution in [3.63, 3.8) is 0 Å². The molecule has 0 saturated carbocycles. The van der Waals surface area contributed by atoms with Gasteiger partial charge in [-0.3, -0.25) is 0 Å². The van der Waals surface area contributed by atoms with E-state index in [-0.39, 0.29) is 19.8 Å². The van der Waals surface area contributed by atoms with Gasteiger partial charge in [0.05, 0.1) is 25.2 Å². The molecule has 0 aliphatic carbocycles. The minimum absolute atomic E-state index is 0.225. The molecule has 0 heterocycles. The first-order chi connectivity index (χ1) is 7.81. The van der Waals surface area contributed by atoms with Crippen LogP contribution in [0.5, 0.6) is 0 Å². The van der Waals surface area contributed by atoms with Gasteiger partial charge in [0.2, 0.25) is 0 Å². The summed E-state index contributed by atoms with van der Waals surface area (Å²) in [7, 11) is 0. The lowest BCUT2D eigenvalue weighted by Gasteiger charge is -2.29. The largest absolute Gasteiger partial charge is 0.478 e. The zero-order chi connectivity index (χ0) is 14.1. The molecule has 0 aliphatic heterocycles. The van der Waals surface area contributed by atoms with Crippen molar-refractivity contribution in [1.29, 1.82) is 0 Å². The first-order valence-electron chi connectivity index (χ1n) is 5.13. The summed E-state index contributed by atoms with van der Waals surface area (Å²) in [6.07, 6.45) is 0.833. The maximum absolute atomic E-state index is 9.25. The highest BCUT2D eigenvalue weighted by molar-refractivity contribution is 5.78. The molecule has 0 atom stereocenters. The van der Waals surface area contributed by atoms with Gasteiger partial charge >= 0.3 is 5.97 Å². The van der Waals surface area contributed by atoms with Gasteiger partial charge in [0.15, 0.2) is 0 Å². The minimum Gasteiger partial charge on any atom is -0.478 e. The van der Waals surface area contributed by atoms with Crippen LogP contribution in [0.3, 0.4) is 0 Å². The Labute approximate surface area is 102 Å². The normalized spacial score (nSPS) is 10.0. The molecule has 0 amide bonds. The lowest BCUT2D eigenvalue weighted by molar-refractivity contribution is -0.131. The van der Waals surface area contributed by atoms with Crippen molar-refractivity contribution in [3.05, 3.63) is 23.8 Å². The van der Waals surface area contributed by atoms with E-state index >= 15 is 0 Å². The summed E-state index contributed by atoms with van der Waals surface area (Å²) in [5.41, 5.74) is 1.03. The molecule has 0 aromatic heterocycles. The van der Waals surface area contributed by atoms with Crippen LogP contribution in [0.25, 0.3) is 0 Å². The van der Waals surface area contributed by atoms with Gasteiger partial charge < -0.3 is 20.4 Å². The minimum atomic E-state index is -0.981. The fraction of sp³-hybridized carbons (Fsp3) is 0.583. The second-order valence-corrected chi connectivity index (χ2v) is 3.92. The Hall–Kier alpha value is -1.17. The summed E-state index contributed by atoms with van der Waals surface area (Å²) in [5, 5.41) is 34.7. The summed E-state index contributed by atoms with van der Waals surface area (Å²) in [4.78, 5) is 9.25. The lowest BCUT2D eigenvalue weighted by atomic mass is 9.81. The van der Waals surface area contributed by atoms with E-state index in [1.807, 2.05) is 20.8 Å². The van der Waals surface area contributed by atoms with Gasteiger partial charge in [-0.1, -0.05) is 17.7 Å². The van der Waals surface area contributed by atoms with Crippen LogP contribution < -0.4 is 0 Å². The third kappa shape index (κ3) is 6.21. The van der Waals surface area contributed by atoms with Gasteiger partial charge in [0.25, 0.3) is 0 Å². The molecule has 0 aliphatic rings. The van der Waals surface area contributed by atoms with Crippen LogP contribution >= 0.6 is 0 Å². The molecule has 0 aromatic carbocycles. The lowest BCUT2D eigenvalue weighted by Crippen LogP contribution is -2.35. The molecule has 0 spiro atoms. The van der Waals surface area contributed by atoms with Gasteiger partial charge in [-0.2, -0.15) is 0 Å². The van der Waals surface area contributed by atoms with Gasteiger partial charge in [0.1, 0.15) is 0 Å². The van der Waals surface area contributed by atoms with Crippen LogP contribution in [0.4, 0.5) is 0 Å². The fourth-order valence-electron chi connectivity index (χ4n) is 1.04. The highest BCUT2D eigenvalue weighted by Crippen LogP contribution is 2.27. The Kier molecular flexibility index (Phi) is 9.55. The highest BCUT2D eigenvalue weighted by atomic mass is 16.4. The first-order valence-corrected chi connectivity index (χ1v) is 5.13. The van der Waals surface area contributed by atoms with E-state index in [4.69, 9.17) is 20.4 Å². The van der Waals surface area contributed by atoms with Crippen LogP contribution in [-0.4, -0.2) is 46.2 Å². The molecule has 0 unspecified atom stereocenters. The molecule has 17 heavy (non-hydrogen) atoms. The molecule has 0 radical (unpaired) electrons. The van der Waals surface area contributed by atoms with E-state index in [9.17, 15) is 4.79 Å². The van der Waals surface area contributed by atoms with Crippen molar-refractivity contribution in [1.82, 2.24) is 0 Å². The van der Waals surface area contributed by atoms with Crippen LogP contribution in [-0.2, 0) is 4.79 Å². The molecule has 0 rings (SSSR count). The Morgan fingerprint density at radius 1 is 1.12 bits per heavy atom. The van der Waals surface area contributed by atoms with Crippen LogP contribution in [0.1, 0.15) is 20.8 Å².